The Hall–Kier alpha value is -1.32. The van der Waals surface area contributed by atoms with Crippen LogP contribution in [0.5, 0.6) is 0 Å². The van der Waals surface area contributed by atoms with Crippen molar-refractivity contribution in [1.29, 1.82) is 0 Å². The van der Waals surface area contributed by atoms with Crippen molar-refractivity contribution in [3.8, 4) is 0 Å². The van der Waals surface area contributed by atoms with Gasteiger partial charge in [0.1, 0.15) is 12.2 Å². The summed E-state index contributed by atoms with van der Waals surface area (Å²) >= 11 is 5.82. The van der Waals surface area contributed by atoms with Gasteiger partial charge in [-0.2, -0.15) is 0 Å². The number of carbonyl (C=O) groups is 1. The van der Waals surface area contributed by atoms with Gasteiger partial charge in [0.25, 0.3) is 0 Å². The lowest BCUT2D eigenvalue weighted by Gasteiger charge is -1.92. The van der Waals surface area contributed by atoms with Gasteiger partial charge in [0.05, 0.1) is 0 Å². The molecule has 3 nitrogen and oxygen atoms in total. The molecule has 0 fully saturated rings. The summed E-state index contributed by atoms with van der Waals surface area (Å²) < 4.78 is 10.1. The molecule has 0 aliphatic rings. The topological polar surface area (TPSA) is 39.4 Å². The number of benzene rings is 1. The first-order valence-corrected chi connectivity index (χ1v) is 4.80. The Morgan fingerprint density at radius 1 is 1.47 bits per heavy atom. The van der Waals surface area contributed by atoms with E-state index in [0.717, 1.165) is 5.39 Å². The van der Waals surface area contributed by atoms with Gasteiger partial charge in [-0.3, -0.25) is 4.79 Å². The van der Waals surface area contributed by atoms with Crippen LogP contribution in [0.15, 0.2) is 28.7 Å². The molecule has 0 saturated carbocycles. The quantitative estimate of drug-likeness (QED) is 0.753. The molecule has 0 radical (unpaired) electrons. The van der Waals surface area contributed by atoms with Gasteiger partial charge in [-0.25, -0.2) is 0 Å². The van der Waals surface area contributed by atoms with E-state index in [0.29, 0.717) is 16.4 Å². The molecule has 78 valence electrons. The normalized spacial score (nSPS) is 10.8. The van der Waals surface area contributed by atoms with Crippen molar-refractivity contribution < 1.29 is 13.9 Å². The maximum atomic E-state index is 11.4. The van der Waals surface area contributed by atoms with Crippen molar-refractivity contribution in [1.82, 2.24) is 0 Å². The highest BCUT2D eigenvalue weighted by Crippen LogP contribution is 2.23. The molecule has 1 aromatic heterocycles. The summed E-state index contributed by atoms with van der Waals surface area (Å²) in [4.78, 5) is 11.4. The van der Waals surface area contributed by atoms with E-state index in [-0.39, 0.29) is 12.4 Å². The SMILES string of the molecule is COCC(=O)c1cc2cc(Cl)ccc2o1. The van der Waals surface area contributed by atoms with E-state index in [1.165, 1.54) is 7.11 Å². The van der Waals surface area contributed by atoms with E-state index in [1.54, 1.807) is 24.3 Å². The second kappa shape index (κ2) is 4.04. The first-order valence-electron chi connectivity index (χ1n) is 4.42. The Labute approximate surface area is 91.6 Å². The molecule has 0 saturated heterocycles. The van der Waals surface area contributed by atoms with Gasteiger partial charge < -0.3 is 9.15 Å². The molecular formula is C11H9ClO3. The van der Waals surface area contributed by atoms with Gasteiger partial charge in [0.2, 0.25) is 5.78 Å². The van der Waals surface area contributed by atoms with Crippen LogP contribution < -0.4 is 0 Å². The van der Waals surface area contributed by atoms with Crippen LogP contribution >= 0.6 is 11.6 Å². The molecule has 0 amide bonds. The lowest BCUT2D eigenvalue weighted by Crippen LogP contribution is -2.05. The van der Waals surface area contributed by atoms with Crippen LogP contribution in [-0.4, -0.2) is 19.5 Å². The number of hydrogen-bond donors (Lipinski definition) is 0. The molecule has 0 atom stereocenters. The first-order chi connectivity index (χ1) is 7.20. The maximum Gasteiger partial charge on any atom is 0.223 e. The summed E-state index contributed by atoms with van der Waals surface area (Å²) in [6.07, 6.45) is 0. The Morgan fingerprint density at radius 3 is 3.00 bits per heavy atom. The van der Waals surface area contributed by atoms with Crippen molar-refractivity contribution in [3.63, 3.8) is 0 Å². The third-order valence-electron chi connectivity index (χ3n) is 2.03. The number of fused-ring (bicyclic) bond motifs is 1. The standard InChI is InChI=1S/C11H9ClO3/c1-14-6-9(13)11-5-7-4-8(12)2-3-10(7)15-11/h2-5H,6H2,1H3. The van der Waals surface area contributed by atoms with Crippen LogP contribution in [0, 0.1) is 0 Å². The summed E-state index contributed by atoms with van der Waals surface area (Å²) in [6.45, 7) is 0.0214. The van der Waals surface area contributed by atoms with Crippen LogP contribution in [0.2, 0.25) is 5.02 Å². The number of halogens is 1. The molecule has 0 aliphatic heterocycles. The van der Waals surface area contributed by atoms with Gasteiger partial charge in [-0.05, 0) is 24.3 Å². The molecule has 0 aliphatic carbocycles. The minimum atomic E-state index is -0.176. The summed E-state index contributed by atoms with van der Waals surface area (Å²) in [7, 11) is 1.47. The highest BCUT2D eigenvalue weighted by molar-refractivity contribution is 6.31. The number of ketones is 1. The zero-order chi connectivity index (χ0) is 10.8. The van der Waals surface area contributed by atoms with Gasteiger partial charge in [-0.1, -0.05) is 11.6 Å². The van der Waals surface area contributed by atoms with Crippen molar-refractivity contribution in [2.75, 3.05) is 13.7 Å². The second-order valence-corrected chi connectivity index (χ2v) is 3.59. The number of furan rings is 1. The number of methoxy groups -OCH3 is 1. The summed E-state index contributed by atoms with van der Waals surface area (Å²) in [5.41, 5.74) is 0.652. The van der Waals surface area contributed by atoms with Crippen LogP contribution in [0.25, 0.3) is 11.0 Å². The zero-order valence-electron chi connectivity index (χ0n) is 8.12. The molecule has 0 N–H and O–H groups in total. The zero-order valence-corrected chi connectivity index (χ0v) is 8.88. The lowest BCUT2D eigenvalue weighted by atomic mass is 10.2. The summed E-state index contributed by atoms with van der Waals surface area (Å²) in [5, 5.41) is 1.44. The minimum Gasteiger partial charge on any atom is -0.453 e. The van der Waals surface area contributed by atoms with Crippen LogP contribution in [-0.2, 0) is 4.74 Å². The molecule has 0 spiro atoms. The lowest BCUT2D eigenvalue weighted by molar-refractivity contribution is 0.0822. The van der Waals surface area contributed by atoms with Gasteiger partial charge in [0, 0.05) is 17.5 Å². The van der Waals surface area contributed by atoms with Crippen molar-refractivity contribution in [3.05, 3.63) is 35.0 Å². The number of hydrogen-bond acceptors (Lipinski definition) is 3. The van der Waals surface area contributed by atoms with E-state index < -0.39 is 0 Å². The Balaban J connectivity index is 2.42. The van der Waals surface area contributed by atoms with E-state index in [4.69, 9.17) is 20.8 Å². The smallest absolute Gasteiger partial charge is 0.223 e. The number of carbonyl (C=O) groups excluding carboxylic acids is 1. The van der Waals surface area contributed by atoms with E-state index in [2.05, 4.69) is 0 Å². The highest BCUT2D eigenvalue weighted by Gasteiger charge is 2.11. The fraction of sp³-hybridized carbons (Fsp3) is 0.182. The highest BCUT2D eigenvalue weighted by atomic mass is 35.5. The van der Waals surface area contributed by atoms with Crippen molar-refractivity contribution in [2.24, 2.45) is 0 Å². The number of rotatable bonds is 3. The molecule has 1 aromatic carbocycles. The second-order valence-electron chi connectivity index (χ2n) is 3.15. The monoisotopic (exact) mass is 224 g/mol. The fourth-order valence-corrected chi connectivity index (χ4v) is 1.53. The van der Waals surface area contributed by atoms with E-state index in [9.17, 15) is 4.79 Å². The predicted molar refractivity (Wildman–Crippen MR) is 57.4 cm³/mol. The van der Waals surface area contributed by atoms with Gasteiger partial charge in [-0.15, -0.1) is 0 Å². The van der Waals surface area contributed by atoms with Crippen molar-refractivity contribution in [2.45, 2.75) is 0 Å². The first kappa shape index (κ1) is 10.2. The molecule has 15 heavy (non-hydrogen) atoms. The molecular weight excluding hydrogens is 216 g/mol. The molecule has 0 bridgehead atoms. The Morgan fingerprint density at radius 2 is 2.27 bits per heavy atom. The predicted octanol–water partition coefficient (Wildman–Crippen LogP) is 2.92. The molecule has 1 heterocycles. The molecule has 4 heteroatoms. The van der Waals surface area contributed by atoms with Crippen LogP contribution in [0.3, 0.4) is 0 Å². The van der Waals surface area contributed by atoms with Gasteiger partial charge in [0.15, 0.2) is 5.76 Å². The minimum absolute atomic E-state index is 0.0214. The Bertz CT molecular complexity index is 502. The van der Waals surface area contributed by atoms with E-state index >= 15 is 0 Å². The average Bonchev–Trinajstić information content (AvgIpc) is 2.60. The number of Topliss-reactive ketones (excluding diaryl/α,β-unsaturated/α-hetero) is 1. The molecule has 2 rings (SSSR count). The Kier molecular flexibility index (Phi) is 2.75. The molecule has 0 unspecified atom stereocenters. The average molecular weight is 225 g/mol. The largest absolute Gasteiger partial charge is 0.453 e. The third kappa shape index (κ3) is 2.03. The fourth-order valence-electron chi connectivity index (χ4n) is 1.35. The summed E-state index contributed by atoms with van der Waals surface area (Å²) in [5.74, 6) is 0.124. The number of ether oxygens (including phenoxy) is 1. The summed E-state index contributed by atoms with van der Waals surface area (Å²) in [6, 6.07) is 6.88. The van der Waals surface area contributed by atoms with E-state index in [1.807, 2.05) is 0 Å². The van der Waals surface area contributed by atoms with Crippen LogP contribution in [0.4, 0.5) is 0 Å². The van der Waals surface area contributed by atoms with Crippen LogP contribution in [0.1, 0.15) is 10.6 Å². The maximum absolute atomic E-state index is 11.4. The molecule has 2 aromatic rings. The van der Waals surface area contributed by atoms with Crippen molar-refractivity contribution >= 4 is 28.4 Å². The third-order valence-corrected chi connectivity index (χ3v) is 2.26. The van der Waals surface area contributed by atoms with Gasteiger partial charge >= 0.3 is 0 Å².